The summed E-state index contributed by atoms with van der Waals surface area (Å²) in [5, 5.41) is 3.78. The molecule has 0 aliphatic heterocycles. The Bertz CT molecular complexity index is 488. The predicted molar refractivity (Wildman–Crippen MR) is 69.4 cm³/mol. The van der Waals surface area contributed by atoms with Gasteiger partial charge in [0.25, 0.3) is 0 Å². The van der Waals surface area contributed by atoms with E-state index >= 15 is 0 Å². The maximum atomic E-state index is 6.10. The van der Waals surface area contributed by atoms with Gasteiger partial charge in [0.1, 0.15) is 5.82 Å². The van der Waals surface area contributed by atoms with E-state index in [0.29, 0.717) is 0 Å². The van der Waals surface area contributed by atoms with Gasteiger partial charge in [-0.25, -0.2) is 4.98 Å². The lowest BCUT2D eigenvalue weighted by Crippen LogP contribution is -1.90. The summed E-state index contributed by atoms with van der Waals surface area (Å²) in [6.45, 7) is 0. The molecule has 4 heteroatoms. The van der Waals surface area contributed by atoms with Crippen LogP contribution in [-0.2, 0) is 0 Å². The lowest BCUT2D eigenvalue weighted by atomic mass is 10.4. The third-order valence-electron chi connectivity index (χ3n) is 2.05. The van der Waals surface area contributed by atoms with Crippen LogP contribution >= 0.6 is 23.4 Å². The van der Waals surface area contributed by atoms with Crippen LogP contribution < -0.4 is 5.32 Å². The molecular weight excluding hydrogens is 240 g/mol. The molecule has 2 aromatic rings. The second-order valence-corrected chi connectivity index (χ2v) is 4.68. The second-order valence-electron chi connectivity index (χ2n) is 3.16. The molecule has 1 heterocycles. The standard InChI is InChI=1S/C12H11ClN2S/c1-14-12-8-9(6-7-15-12)16-11-5-3-2-4-10(11)13/h2-8H,1H3,(H,14,15). The molecule has 1 N–H and O–H groups in total. The van der Waals surface area contributed by atoms with Crippen LogP contribution in [0.5, 0.6) is 0 Å². The van der Waals surface area contributed by atoms with Crippen LogP contribution in [0.15, 0.2) is 52.4 Å². The van der Waals surface area contributed by atoms with Gasteiger partial charge in [-0.15, -0.1) is 0 Å². The van der Waals surface area contributed by atoms with Gasteiger partial charge in [-0.1, -0.05) is 35.5 Å². The fourth-order valence-corrected chi connectivity index (χ4v) is 2.38. The van der Waals surface area contributed by atoms with Gasteiger partial charge in [0.2, 0.25) is 0 Å². The molecule has 82 valence electrons. The molecule has 2 rings (SSSR count). The quantitative estimate of drug-likeness (QED) is 0.894. The number of nitrogens with zero attached hydrogens (tertiary/aromatic N) is 1. The molecule has 0 atom stereocenters. The van der Waals surface area contributed by atoms with E-state index < -0.39 is 0 Å². The van der Waals surface area contributed by atoms with Gasteiger partial charge in [0, 0.05) is 23.0 Å². The summed E-state index contributed by atoms with van der Waals surface area (Å²) in [5.74, 6) is 0.858. The van der Waals surface area contributed by atoms with E-state index in [1.807, 2.05) is 43.4 Å². The Hall–Kier alpha value is -1.19. The number of hydrogen-bond acceptors (Lipinski definition) is 3. The van der Waals surface area contributed by atoms with Gasteiger partial charge in [0.05, 0.1) is 5.02 Å². The molecule has 0 bridgehead atoms. The first kappa shape index (κ1) is 11.3. The zero-order chi connectivity index (χ0) is 11.4. The highest BCUT2D eigenvalue weighted by Gasteiger charge is 2.02. The fraction of sp³-hybridized carbons (Fsp3) is 0.0833. The largest absolute Gasteiger partial charge is 0.373 e. The minimum atomic E-state index is 0.773. The minimum absolute atomic E-state index is 0.773. The molecule has 2 nitrogen and oxygen atoms in total. The molecule has 0 aliphatic rings. The molecule has 0 aliphatic carbocycles. The first-order chi connectivity index (χ1) is 7.79. The van der Waals surface area contributed by atoms with Crippen molar-refractivity contribution in [3.8, 4) is 0 Å². The van der Waals surface area contributed by atoms with Gasteiger partial charge in [-0.05, 0) is 24.3 Å². The van der Waals surface area contributed by atoms with E-state index in [1.54, 1.807) is 18.0 Å². The van der Waals surface area contributed by atoms with E-state index in [1.165, 1.54) is 0 Å². The topological polar surface area (TPSA) is 24.9 Å². The van der Waals surface area contributed by atoms with Gasteiger partial charge >= 0.3 is 0 Å². The molecule has 16 heavy (non-hydrogen) atoms. The van der Waals surface area contributed by atoms with E-state index in [9.17, 15) is 0 Å². The molecule has 1 aromatic carbocycles. The van der Waals surface area contributed by atoms with Crippen LogP contribution in [0, 0.1) is 0 Å². The number of aromatic nitrogens is 1. The number of nitrogens with one attached hydrogen (secondary N) is 1. The van der Waals surface area contributed by atoms with E-state index in [0.717, 1.165) is 20.6 Å². The molecule has 0 saturated carbocycles. The first-order valence-corrected chi connectivity index (χ1v) is 6.05. The molecular formula is C12H11ClN2S. The lowest BCUT2D eigenvalue weighted by molar-refractivity contribution is 1.23. The Morgan fingerprint density at radius 1 is 1.25 bits per heavy atom. The van der Waals surface area contributed by atoms with Crippen LogP contribution in [0.4, 0.5) is 5.82 Å². The van der Waals surface area contributed by atoms with Crippen molar-refractivity contribution < 1.29 is 0 Å². The lowest BCUT2D eigenvalue weighted by Gasteiger charge is -2.05. The molecule has 0 saturated heterocycles. The van der Waals surface area contributed by atoms with Crippen molar-refractivity contribution in [2.45, 2.75) is 9.79 Å². The molecule has 1 aromatic heterocycles. The first-order valence-electron chi connectivity index (χ1n) is 4.86. The third-order valence-corrected chi connectivity index (χ3v) is 3.56. The number of halogens is 1. The van der Waals surface area contributed by atoms with Gasteiger partial charge in [-0.3, -0.25) is 0 Å². The summed E-state index contributed by atoms with van der Waals surface area (Å²) in [6, 6.07) is 11.8. The summed E-state index contributed by atoms with van der Waals surface area (Å²) in [5.41, 5.74) is 0. The van der Waals surface area contributed by atoms with Crippen molar-refractivity contribution in [3.63, 3.8) is 0 Å². The van der Waals surface area contributed by atoms with Gasteiger partial charge < -0.3 is 5.32 Å². The number of rotatable bonds is 3. The Morgan fingerprint density at radius 3 is 2.81 bits per heavy atom. The predicted octanol–water partition coefficient (Wildman–Crippen LogP) is 3.93. The van der Waals surface area contributed by atoms with Crippen LogP contribution in [0.1, 0.15) is 0 Å². The molecule has 0 radical (unpaired) electrons. The average molecular weight is 251 g/mol. The summed E-state index contributed by atoms with van der Waals surface area (Å²) < 4.78 is 0. The van der Waals surface area contributed by atoms with Crippen LogP contribution in [0.2, 0.25) is 5.02 Å². The summed E-state index contributed by atoms with van der Waals surface area (Å²) in [4.78, 5) is 6.34. The minimum Gasteiger partial charge on any atom is -0.373 e. The highest BCUT2D eigenvalue weighted by Crippen LogP contribution is 2.33. The fourth-order valence-electron chi connectivity index (χ4n) is 1.27. The Morgan fingerprint density at radius 2 is 2.06 bits per heavy atom. The van der Waals surface area contributed by atoms with Crippen molar-refractivity contribution in [3.05, 3.63) is 47.6 Å². The number of anilines is 1. The number of pyridine rings is 1. The van der Waals surface area contributed by atoms with Gasteiger partial charge in [0.15, 0.2) is 0 Å². The van der Waals surface area contributed by atoms with Crippen molar-refractivity contribution in [1.29, 1.82) is 0 Å². The normalized spacial score (nSPS) is 10.1. The maximum absolute atomic E-state index is 6.10. The highest BCUT2D eigenvalue weighted by molar-refractivity contribution is 7.99. The second kappa shape index (κ2) is 5.23. The Balaban J connectivity index is 2.24. The summed E-state index contributed by atoms with van der Waals surface area (Å²) in [6.07, 6.45) is 1.78. The Labute approximate surface area is 104 Å². The monoisotopic (exact) mass is 250 g/mol. The molecule has 0 amide bonds. The number of hydrogen-bond donors (Lipinski definition) is 1. The summed E-state index contributed by atoms with van der Waals surface area (Å²) in [7, 11) is 1.85. The van der Waals surface area contributed by atoms with Crippen molar-refractivity contribution in [1.82, 2.24) is 4.98 Å². The zero-order valence-electron chi connectivity index (χ0n) is 8.77. The van der Waals surface area contributed by atoms with Crippen LogP contribution in [0.25, 0.3) is 0 Å². The highest BCUT2D eigenvalue weighted by atomic mass is 35.5. The SMILES string of the molecule is CNc1cc(Sc2ccccc2Cl)ccn1. The Kier molecular flexibility index (Phi) is 3.70. The molecule has 0 unspecified atom stereocenters. The van der Waals surface area contributed by atoms with E-state index in [2.05, 4.69) is 10.3 Å². The molecule has 0 spiro atoms. The van der Waals surface area contributed by atoms with Crippen molar-refractivity contribution >= 4 is 29.2 Å². The van der Waals surface area contributed by atoms with Crippen LogP contribution in [-0.4, -0.2) is 12.0 Å². The van der Waals surface area contributed by atoms with Crippen molar-refractivity contribution in [2.75, 3.05) is 12.4 Å². The smallest absolute Gasteiger partial charge is 0.126 e. The van der Waals surface area contributed by atoms with E-state index in [-0.39, 0.29) is 0 Å². The van der Waals surface area contributed by atoms with Crippen molar-refractivity contribution in [2.24, 2.45) is 0 Å². The average Bonchev–Trinajstić information content (AvgIpc) is 2.32. The molecule has 0 fully saturated rings. The maximum Gasteiger partial charge on any atom is 0.126 e. The van der Waals surface area contributed by atoms with E-state index in [4.69, 9.17) is 11.6 Å². The van der Waals surface area contributed by atoms with Gasteiger partial charge in [-0.2, -0.15) is 0 Å². The number of benzene rings is 1. The summed E-state index contributed by atoms with van der Waals surface area (Å²) >= 11 is 7.73. The third kappa shape index (κ3) is 2.68. The van der Waals surface area contributed by atoms with Crippen LogP contribution in [0.3, 0.4) is 0 Å². The zero-order valence-corrected chi connectivity index (χ0v) is 10.3.